The summed E-state index contributed by atoms with van der Waals surface area (Å²) in [6.45, 7) is 4.06. The van der Waals surface area contributed by atoms with Crippen LogP contribution in [0.3, 0.4) is 0 Å². The van der Waals surface area contributed by atoms with Gasteiger partial charge in [0.15, 0.2) is 0 Å². The van der Waals surface area contributed by atoms with Crippen LogP contribution in [0.4, 0.5) is 0 Å². The van der Waals surface area contributed by atoms with Gasteiger partial charge in [-0.25, -0.2) is 8.42 Å². The number of sulfonamides is 1. The van der Waals surface area contributed by atoms with E-state index >= 15 is 0 Å². The summed E-state index contributed by atoms with van der Waals surface area (Å²) in [5.74, 6) is 0. The summed E-state index contributed by atoms with van der Waals surface area (Å²) < 4.78 is 26.7. The van der Waals surface area contributed by atoms with Crippen LogP contribution in [0.2, 0.25) is 0 Å². The zero-order chi connectivity index (χ0) is 15.6. The Hall–Kier alpha value is -1.70. The fraction of sp³-hybridized carbons (Fsp3) is 0.357. The van der Waals surface area contributed by atoms with Crippen molar-refractivity contribution in [3.05, 3.63) is 46.8 Å². The molecule has 0 aliphatic carbocycles. The van der Waals surface area contributed by atoms with Crippen LogP contribution in [0, 0.1) is 13.8 Å². The van der Waals surface area contributed by atoms with Crippen molar-refractivity contribution >= 4 is 10.0 Å². The molecule has 1 aromatic heterocycles. The maximum atomic E-state index is 12.7. The maximum Gasteiger partial charge on any atom is 0.246 e. The third kappa shape index (κ3) is 3.15. The van der Waals surface area contributed by atoms with Gasteiger partial charge in [0.1, 0.15) is 4.90 Å². The molecule has 21 heavy (non-hydrogen) atoms. The number of H-pyrrole nitrogens is 1. The van der Waals surface area contributed by atoms with Gasteiger partial charge in [-0.05, 0) is 19.4 Å². The minimum absolute atomic E-state index is 0.0806. The molecule has 0 bridgehead atoms. The molecule has 7 heteroatoms. The Balaban J connectivity index is 2.30. The molecular formula is C14H20N4O2S. The quantitative estimate of drug-likeness (QED) is 0.871. The highest BCUT2D eigenvalue weighted by molar-refractivity contribution is 7.89. The van der Waals surface area contributed by atoms with Crippen LogP contribution in [-0.4, -0.2) is 30.0 Å². The van der Waals surface area contributed by atoms with Gasteiger partial charge in [0.05, 0.1) is 11.4 Å². The predicted molar refractivity (Wildman–Crippen MR) is 81.0 cm³/mol. The highest BCUT2D eigenvalue weighted by atomic mass is 32.2. The molecule has 0 unspecified atom stereocenters. The van der Waals surface area contributed by atoms with Crippen molar-refractivity contribution in [3.63, 3.8) is 0 Å². The second-order valence-electron chi connectivity index (χ2n) is 5.08. The van der Waals surface area contributed by atoms with Crippen LogP contribution >= 0.6 is 0 Å². The maximum absolute atomic E-state index is 12.7. The summed E-state index contributed by atoms with van der Waals surface area (Å²) in [4.78, 5) is 0.180. The molecule has 0 fully saturated rings. The predicted octanol–water partition coefficient (Wildman–Crippen LogP) is 1.31. The van der Waals surface area contributed by atoms with Crippen molar-refractivity contribution in [2.45, 2.75) is 31.8 Å². The molecule has 0 atom stereocenters. The van der Waals surface area contributed by atoms with Gasteiger partial charge in [0.25, 0.3) is 0 Å². The van der Waals surface area contributed by atoms with Crippen LogP contribution in [0.25, 0.3) is 0 Å². The van der Waals surface area contributed by atoms with Crippen LogP contribution in [0.1, 0.15) is 22.5 Å². The zero-order valence-electron chi connectivity index (χ0n) is 12.4. The van der Waals surface area contributed by atoms with Gasteiger partial charge in [-0.1, -0.05) is 29.8 Å². The van der Waals surface area contributed by atoms with E-state index in [2.05, 4.69) is 10.2 Å². The SMILES string of the molecule is Cc1ccc(CN(C)S(=O)(=O)c2c(CN)n[nH]c2C)cc1. The molecule has 0 aliphatic rings. The summed E-state index contributed by atoms with van der Waals surface area (Å²) in [6.07, 6.45) is 0. The number of rotatable bonds is 5. The van der Waals surface area contributed by atoms with Gasteiger partial charge in [0.2, 0.25) is 10.0 Å². The molecular weight excluding hydrogens is 288 g/mol. The first-order valence-electron chi connectivity index (χ1n) is 6.62. The largest absolute Gasteiger partial charge is 0.325 e. The number of hydrogen-bond donors (Lipinski definition) is 2. The van der Waals surface area contributed by atoms with Crippen molar-refractivity contribution in [1.82, 2.24) is 14.5 Å². The Bertz CT molecular complexity index is 720. The number of aryl methyl sites for hydroxylation is 2. The molecule has 0 saturated carbocycles. The first-order chi connectivity index (χ1) is 9.86. The van der Waals surface area contributed by atoms with E-state index < -0.39 is 10.0 Å². The van der Waals surface area contributed by atoms with Gasteiger partial charge in [0, 0.05) is 20.1 Å². The molecule has 2 aromatic rings. The van der Waals surface area contributed by atoms with Gasteiger partial charge >= 0.3 is 0 Å². The molecule has 0 aliphatic heterocycles. The molecule has 0 radical (unpaired) electrons. The Kier molecular flexibility index (Phi) is 4.46. The minimum Gasteiger partial charge on any atom is -0.325 e. The number of nitrogens with one attached hydrogen (secondary N) is 1. The molecule has 1 aromatic carbocycles. The fourth-order valence-corrected chi connectivity index (χ4v) is 3.63. The Labute approximate surface area is 125 Å². The molecule has 0 amide bonds. The average Bonchev–Trinajstić information content (AvgIpc) is 2.83. The Morgan fingerprint density at radius 2 is 1.86 bits per heavy atom. The second kappa shape index (κ2) is 5.97. The lowest BCUT2D eigenvalue weighted by Crippen LogP contribution is -2.28. The van der Waals surface area contributed by atoms with E-state index in [1.807, 2.05) is 31.2 Å². The van der Waals surface area contributed by atoms with E-state index in [0.717, 1.165) is 11.1 Å². The van der Waals surface area contributed by atoms with Crippen molar-refractivity contribution < 1.29 is 8.42 Å². The van der Waals surface area contributed by atoms with E-state index in [1.165, 1.54) is 4.31 Å². The molecule has 0 saturated heterocycles. The summed E-state index contributed by atoms with van der Waals surface area (Å²) in [6, 6.07) is 7.77. The summed E-state index contributed by atoms with van der Waals surface area (Å²) in [5, 5.41) is 6.63. The second-order valence-corrected chi connectivity index (χ2v) is 7.06. The van der Waals surface area contributed by atoms with Crippen LogP contribution < -0.4 is 5.73 Å². The third-order valence-corrected chi connectivity index (χ3v) is 5.36. The highest BCUT2D eigenvalue weighted by Gasteiger charge is 2.28. The highest BCUT2D eigenvalue weighted by Crippen LogP contribution is 2.22. The number of hydrogen-bond acceptors (Lipinski definition) is 4. The van der Waals surface area contributed by atoms with E-state index in [0.29, 0.717) is 17.9 Å². The van der Waals surface area contributed by atoms with Gasteiger partial charge < -0.3 is 5.73 Å². The summed E-state index contributed by atoms with van der Waals surface area (Å²) in [5.41, 5.74) is 8.51. The first-order valence-corrected chi connectivity index (χ1v) is 8.06. The smallest absolute Gasteiger partial charge is 0.246 e. The van der Waals surface area contributed by atoms with E-state index in [9.17, 15) is 8.42 Å². The van der Waals surface area contributed by atoms with Crippen molar-refractivity contribution in [2.75, 3.05) is 7.05 Å². The molecule has 114 valence electrons. The van der Waals surface area contributed by atoms with Crippen molar-refractivity contribution in [2.24, 2.45) is 5.73 Å². The molecule has 6 nitrogen and oxygen atoms in total. The normalized spacial score (nSPS) is 12.0. The molecule has 3 N–H and O–H groups in total. The third-order valence-electron chi connectivity index (χ3n) is 3.35. The summed E-state index contributed by atoms with van der Waals surface area (Å²) in [7, 11) is -2.06. The summed E-state index contributed by atoms with van der Waals surface area (Å²) >= 11 is 0. The van der Waals surface area contributed by atoms with Crippen LogP contribution in [0.5, 0.6) is 0 Å². The minimum atomic E-state index is -3.62. The van der Waals surface area contributed by atoms with Gasteiger partial charge in [-0.3, -0.25) is 5.10 Å². The molecule has 0 spiro atoms. The fourth-order valence-electron chi connectivity index (χ4n) is 2.14. The van der Waals surface area contributed by atoms with E-state index in [-0.39, 0.29) is 11.4 Å². The number of benzene rings is 1. The average molecular weight is 308 g/mol. The van der Waals surface area contributed by atoms with Crippen LogP contribution in [-0.2, 0) is 23.1 Å². The Morgan fingerprint density at radius 3 is 2.43 bits per heavy atom. The Morgan fingerprint density at radius 1 is 1.24 bits per heavy atom. The van der Waals surface area contributed by atoms with Crippen LogP contribution in [0.15, 0.2) is 29.2 Å². The number of aromatic nitrogens is 2. The number of nitrogens with two attached hydrogens (primary N) is 1. The first kappa shape index (κ1) is 15.7. The number of nitrogens with zero attached hydrogens (tertiary/aromatic N) is 2. The lowest BCUT2D eigenvalue weighted by Gasteiger charge is -2.17. The van der Waals surface area contributed by atoms with Crippen molar-refractivity contribution in [3.8, 4) is 0 Å². The molecule has 2 rings (SSSR count). The lowest BCUT2D eigenvalue weighted by atomic mass is 10.1. The van der Waals surface area contributed by atoms with E-state index in [1.54, 1.807) is 14.0 Å². The van der Waals surface area contributed by atoms with Gasteiger partial charge in [-0.15, -0.1) is 0 Å². The standard InChI is InChI=1S/C14H20N4O2S/c1-10-4-6-12(7-5-10)9-18(3)21(19,20)14-11(2)16-17-13(14)8-15/h4-7H,8-9,15H2,1-3H3,(H,16,17). The molecule has 1 heterocycles. The number of aromatic amines is 1. The zero-order valence-corrected chi connectivity index (χ0v) is 13.2. The van der Waals surface area contributed by atoms with E-state index in [4.69, 9.17) is 5.73 Å². The topological polar surface area (TPSA) is 92.1 Å². The van der Waals surface area contributed by atoms with Gasteiger partial charge in [-0.2, -0.15) is 9.40 Å². The lowest BCUT2D eigenvalue weighted by molar-refractivity contribution is 0.465. The van der Waals surface area contributed by atoms with Crippen molar-refractivity contribution in [1.29, 1.82) is 0 Å². The monoisotopic (exact) mass is 308 g/mol.